The highest BCUT2D eigenvalue weighted by atomic mass is 16.5. The van der Waals surface area contributed by atoms with Crippen molar-refractivity contribution in [3.63, 3.8) is 0 Å². The molecule has 0 aromatic carbocycles. The molecule has 0 radical (unpaired) electrons. The molecule has 0 saturated carbocycles. The number of esters is 1. The van der Waals surface area contributed by atoms with Gasteiger partial charge in [-0.15, -0.1) is 0 Å². The zero-order chi connectivity index (χ0) is 11.3. The molecular formula is C9H9NO5. The number of rotatable bonds is 4. The first-order valence-corrected chi connectivity index (χ1v) is 4.13. The molecule has 0 saturated heterocycles. The molecule has 0 amide bonds. The van der Waals surface area contributed by atoms with Crippen molar-refractivity contribution in [3.05, 3.63) is 29.6 Å². The van der Waals surface area contributed by atoms with Crippen LogP contribution in [0.25, 0.3) is 0 Å². The molecule has 80 valence electrons. The van der Waals surface area contributed by atoms with Gasteiger partial charge in [0.25, 0.3) is 0 Å². The van der Waals surface area contributed by atoms with E-state index >= 15 is 0 Å². The maximum absolute atomic E-state index is 11.3. The van der Waals surface area contributed by atoms with Gasteiger partial charge in [-0.2, -0.15) is 0 Å². The van der Waals surface area contributed by atoms with E-state index in [2.05, 4.69) is 9.72 Å². The van der Waals surface area contributed by atoms with Gasteiger partial charge in [-0.05, 0) is 12.1 Å². The third-order valence-electron chi connectivity index (χ3n) is 1.55. The quantitative estimate of drug-likeness (QED) is 0.676. The molecule has 0 unspecified atom stereocenters. The molecule has 1 heterocycles. The molecule has 0 aliphatic carbocycles. The fourth-order valence-corrected chi connectivity index (χ4v) is 0.957. The number of carbonyl (C=O) groups is 2. The average Bonchev–Trinajstić information content (AvgIpc) is 2.25. The van der Waals surface area contributed by atoms with E-state index in [1.807, 2.05) is 0 Å². The monoisotopic (exact) mass is 211 g/mol. The third-order valence-corrected chi connectivity index (χ3v) is 1.55. The summed E-state index contributed by atoms with van der Waals surface area (Å²) in [5, 5.41) is 17.2. The summed E-state index contributed by atoms with van der Waals surface area (Å²) in [5.74, 6) is -2.11. The van der Waals surface area contributed by atoms with Crippen LogP contribution in [0, 0.1) is 0 Å². The minimum atomic E-state index is -1.30. The Balaban J connectivity index is 2.92. The fraction of sp³-hybridized carbons (Fsp3) is 0.222. The van der Waals surface area contributed by atoms with Gasteiger partial charge in [0.15, 0.2) is 5.69 Å². The van der Waals surface area contributed by atoms with E-state index in [0.29, 0.717) is 0 Å². The van der Waals surface area contributed by atoms with Gasteiger partial charge in [-0.3, -0.25) is 0 Å². The Morgan fingerprint density at radius 1 is 1.47 bits per heavy atom. The van der Waals surface area contributed by atoms with E-state index < -0.39 is 11.9 Å². The lowest BCUT2D eigenvalue weighted by atomic mass is 10.2. The van der Waals surface area contributed by atoms with Crippen LogP contribution in [0.3, 0.4) is 0 Å². The Hall–Kier alpha value is -1.95. The Morgan fingerprint density at radius 3 is 2.80 bits per heavy atom. The van der Waals surface area contributed by atoms with Crippen LogP contribution in [-0.2, 0) is 4.74 Å². The Kier molecular flexibility index (Phi) is 3.75. The van der Waals surface area contributed by atoms with Crippen molar-refractivity contribution in [1.82, 2.24) is 4.98 Å². The number of aliphatic hydroxyl groups is 1. The van der Waals surface area contributed by atoms with Crippen LogP contribution in [0.4, 0.5) is 0 Å². The van der Waals surface area contributed by atoms with Crippen LogP contribution in [0.5, 0.6) is 0 Å². The second-order valence-corrected chi connectivity index (χ2v) is 2.56. The zero-order valence-corrected chi connectivity index (χ0v) is 7.71. The van der Waals surface area contributed by atoms with E-state index in [-0.39, 0.29) is 24.5 Å². The van der Waals surface area contributed by atoms with Gasteiger partial charge in [-0.1, -0.05) is 0 Å². The topological polar surface area (TPSA) is 96.7 Å². The number of nitrogens with zero attached hydrogens (tertiary/aromatic N) is 1. The molecule has 0 spiro atoms. The number of aliphatic hydroxyl groups excluding tert-OH is 1. The lowest BCUT2D eigenvalue weighted by Crippen LogP contribution is -2.14. The van der Waals surface area contributed by atoms with Crippen molar-refractivity contribution in [2.45, 2.75) is 0 Å². The van der Waals surface area contributed by atoms with Gasteiger partial charge in [-0.25, -0.2) is 14.6 Å². The maximum atomic E-state index is 11.3. The van der Waals surface area contributed by atoms with Crippen molar-refractivity contribution in [1.29, 1.82) is 0 Å². The average molecular weight is 211 g/mol. The van der Waals surface area contributed by atoms with Gasteiger partial charge in [0.05, 0.1) is 12.2 Å². The maximum Gasteiger partial charge on any atom is 0.355 e. The number of carboxylic acid groups (broad SMARTS) is 1. The van der Waals surface area contributed by atoms with Gasteiger partial charge in [0.1, 0.15) is 6.61 Å². The molecule has 0 bridgehead atoms. The normalized spacial score (nSPS) is 9.67. The summed E-state index contributed by atoms with van der Waals surface area (Å²) in [7, 11) is 0. The summed E-state index contributed by atoms with van der Waals surface area (Å²) >= 11 is 0. The summed E-state index contributed by atoms with van der Waals surface area (Å²) in [5.41, 5.74) is -0.487. The first-order valence-electron chi connectivity index (χ1n) is 4.13. The minimum absolute atomic E-state index is 0.126. The molecule has 1 aromatic rings. The summed E-state index contributed by atoms with van der Waals surface area (Å²) in [6, 6.07) is 2.73. The van der Waals surface area contributed by atoms with Crippen LogP contribution >= 0.6 is 0 Å². The lowest BCUT2D eigenvalue weighted by molar-refractivity contribution is 0.0425. The summed E-state index contributed by atoms with van der Waals surface area (Å²) < 4.78 is 4.58. The van der Waals surface area contributed by atoms with Gasteiger partial charge < -0.3 is 14.9 Å². The highest BCUT2D eigenvalue weighted by molar-refractivity contribution is 6.00. The second-order valence-electron chi connectivity index (χ2n) is 2.56. The second kappa shape index (κ2) is 5.06. The number of hydrogen-bond acceptors (Lipinski definition) is 5. The predicted molar refractivity (Wildman–Crippen MR) is 48.6 cm³/mol. The van der Waals surface area contributed by atoms with E-state index in [0.717, 1.165) is 0 Å². The Bertz CT molecular complexity index is 377. The van der Waals surface area contributed by atoms with Crippen LogP contribution in [0.2, 0.25) is 0 Å². The number of ether oxygens (including phenoxy) is 1. The van der Waals surface area contributed by atoms with E-state index in [9.17, 15) is 9.59 Å². The molecule has 0 fully saturated rings. The van der Waals surface area contributed by atoms with Crippen molar-refractivity contribution in [2.24, 2.45) is 0 Å². The summed E-state index contributed by atoms with van der Waals surface area (Å²) in [6.45, 7) is -0.485. The van der Waals surface area contributed by atoms with Crippen molar-refractivity contribution in [2.75, 3.05) is 13.2 Å². The van der Waals surface area contributed by atoms with Crippen LogP contribution < -0.4 is 0 Å². The highest BCUT2D eigenvalue weighted by Gasteiger charge is 2.18. The summed E-state index contributed by atoms with van der Waals surface area (Å²) in [4.78, 5) is 25.5. The molecule has 0 aliphatic heterocycles. The van der Waals surface area contributed by atoms with Crippen LogP contribution in [0.1, 0.15) is 20.8 Å². The van der Waals surface area contributed by atoms with Crippen LogP contribution in [0.15, 0.2) is 18.3 Å². The molecule has 0 aliphatic rings. The van der Waals surface area contributed by atoms with Crippen molar-refractivity contribution >= 4 is 11.9 Å². The van der Waals surface area contributed by atoms with Crippen molar-refractivity contribution in [3.8, 4) is 0 Å². The van der Waals surface area contributed by atoms with Gasteiger partial charge in [0.2, 0.25) is 0 Å². The minimum Gasteiger partial charge on any atom is -0.476 e. The van der Waals surface area contributed by atoms with E-state index in [1.54, 1.807) is 0 Å². The third kappa shape index (κ3) is 2.75. The number of aromatic carboxylic acids is 1. The SMILES string of the molecule is O=C(OCCO)c1cccnc1C(=O)O. The Labute approximate surface area is 85.1 Å². The number of pyridine rings is 1. The molecule has 1 rings (SSSR count). The van der Waals surface area contributed by atoms with Gasteiger partial charge >= 0.3 is 11.9 Å². The number of hydrogen-bond donors (Lipinski definition) is 2. The number of carboxylic acids is 1. The molecule has 6 nitrogen and oxygen atoms in total. The smallest absolute Gasteiger partial charge is 0.355 e. The van der Waals surface area contributed by atoms with E-state index in [4.69, 9.17) is 10.2 Å². The molecule has 1 aromatic heterocycles. The van der Waals surface area contributed by atoms with E-state index in [1.165, 1.54) is 18.3 Å². The standard InChI is InChI=1S/C9H9NO5/c11-4-5-15-9(14)6-2-1-3-10-7(6)8(12)13/h1-3,11H,4-5H2,(H,12,13). The molecular weight excluding hydrogens is 202 g/mol. The lowest BCUT2D eigenvalue weighted by Gasteiger charge is -2.04. The largest absolute Gasteiger partial charge is 0.476 e. The predicted octanol–water partition coefficient (Wildman–Crippen LogP) is -0.0711. The molecule has 15 heavy (non-hydrogen) atoms. The molecule has 2 N–H and O–H groups in total. The number of aromatic nitrogens is 1. The molecule has 0 atom stereocenters. The summed E-state index contributed by atoms with van der Waals surface area (Å²) in [6.07, 6.45) is 1.27. The Morgan fingerprint density at radius 2 is 2.20 bits per heavy atom. The molecule has 6 heteroatoms. The fourth-order valence-electron chi connectivity index (χ4n) is 0.957. The first kappa shape index (κ1) is 11.1. The highest BCUT2D eigenvalue weighted by Crippen LogP contribution is 2.07. The van der Waals surface area contributed by atoms with Gasteiger partial charge in [0, 0.05) is 6.20 Å². The van der Waals surface area contributed by atoms with Crippen molar-refractivity contribution < 1.29 is 24.5 Å². The van der Waals surface area contributed by atoms with Crippen LogP contribution in [-0.4, -0.2) is 40.3 Å². The first-order chi connectivity index (χ1) is 7.16. The zero-order valence-electron chi connectivity index (χ0n) is 7.71. The number of carbonyl (C=O) groups excluding carboxylic acids is 1.